The average molecular weight is 291 g/mol. The van der Waals surface area contributed by atoms with E-state index in [0.717, 1.165) is 31.9 Å². The number of nitrogens with zero attached hydrogens (tertiary/aromatic N) is 2. The summed E-state index contributed by atoms with van der Waals surface area (Å²) in [5.74, 6) is 1.37. The topological polar surface area (TPSA) is 28.2 Å². The average Bonchev–Trinajstić information content (AvgIpc) is 2.39. The van der Waals surface area contributed by atoms with Crippen LogP contribution < -0.4 is 5.32 Å². The molecule has 0 atom stereocenters. The zero-order chi connectivity index (χ0) is 15.8. The second-order valence-corrected chi connectivity index (χ2v) is 7.10. The Morgan fingerprint density at radius 2 is 1.76 bits per heavy atom. The fraction of sp³-hybridized carbons (Fsp3) is 0.722. The Labute approximate surface area is 131 Å². The molecule has 21 heavy (non-hydrogen) atoms. The van der Waals surface area contributed by atoms with Crippen molar-refractivity contribution in [1.82, 2.24) is 15.2 Å². The summed E-state index contributed by atoms with van der Waals surface area (Å²) >= 11 is 0. The van der Waals surface area contributed by atoms with Gasteiger partial charge in [0, 0.05) is 31.9 Å². The van der Waals surface area contributed by atoms with Crippen LogP contribution in [0.1, 0.15) is 52.8 Å². The summed E-state index contributed by atoms with van der Waals surface area (Å²) in [6.07, 6.45) is 2.01. The maximum atomic E-state index is 4.62. The Hall–Kier alpha value is -0.930. The quantitative estimate of drug-likeness (QED) is 0.752. The molecule has 1 aromatic rings. The minimum atomic E-state index is 0.557. The lowest BCUT2D eigenvalue weighted by molar-refractivity contribution is 0.187. The predicted octanol–water partition coefficient (Wildman–Crippen LogP) is 3.69. The molecule has 1 rings (SSSR count). The molecule has 1 N–H and O–H groups in total. The first-order chi connectivity index (χ1) is 9.88. The number of rotatable bonds is 9. The largest absolute Gasteiger partial charge is 0.312 e. The molecule has 0 aliphatic heterocycles. The van der Waals surface area contributed by atoms with Crippen molar-refractivity contribution in [2.45, 2.75) is 60.7 Å². The number of pyridine rings is 1. The molecule has 0 saturated carbocycles. The van der Waals surface area contributed by atoms with Crippen LogP contribution in [0.4, 0.5) is 0 Å². The molecule has 0 radical (unpaired) electrons. The van der Waals surface area contributed by atoms with Crippen LogP contribution >= 0.6 is 0 Å². The Kier molecular flexibility index (Phi) is 7.91. The molecule has 1 heterocycles. The van der Waals surface area contributed by atoms with Crippen molar-refractivity contribution >= 4 is 0 Å². The summed E-state index contributed by atoms with van der Waals surface area (Å²) in [6, 6.07) is 4.92. The fourth-order valence-electron chi connectivity index (χ4n) is 2.29. The predicted molar refractivity (Wildman–Crippen MR) is 91.2 cm³/mol. The van der Waals surface area contributed by atoms with Gasteiger partial charge in [0.2, 0.25) is 0 Å². The minimum absolute atomic E-state index is 0.557. The summed E-state index contributed by atoms with van der Waals surface area (Å²) in [4.78, 5) is 7.11. The van der Waals surface area contributed by atoms with E-state index in [2.05, 4.69) is 68.9 Å². The van der Waals surface area contributed by atoms with Gasteiger partial charge in [-0.2, -0.15) is 0 Å². The second-order valence-electron chi connectivity index (χ2n) is 7.10. The molecular weight excluding hydrogens is 258 g/mol. The van der Waals surface area contributed by atoms with Crippen molar-refractivity contribution in [2.75, 3.05) is 13.1 Å². The third-order valence-electron chi connectivity index (χ3n) is 3.46. The molecule has 3 nitrogen and oxygen atoms in total. The molecule has 3 heteroatoms. The lowest BCUT2D eigenvalue weighted by Crippen LogP contribution is -2.33. The molecule has 0 amide bonds. The highest BCUT2D eigenvalue weighted by molar-refractivity contribution is 5.14. The van der Waals surface area contributed by atoms with Crippen molar-refractivity contribution in [2.24, 2.45) is 11.8 Å². The lowest BCUT2D eigenvalue weighted by Gasteiger charge is -2.27. The van der Waals surface area contributed by atoms with Gasteiger partial charge in [-0.1, -0.05) is 33.8 Å². The molecule has 0 unspecified atom stereocenters. The molecule has 0 aliphatic rings. The number of nitrogens with one attached hydrogen (secondary N) is 1. The second kappa shape index (κ2) is 9.16. The molecule has 0 spiro atoms. The molecule has 0 fully saturated rings. The number of aromatic nitrogens is 1. The summed E-state index contributed by atoms with van der Waals surface area (Å²) in [7, 11) is 0. The van der Waals surface area contributed by atoms with Gasteiger partial charge in [0.05, 0.1) is 5.69 Å². The minimum Gasteiger partial charge on any atom is -0.312 e. The van der Waals surface area contributed by atoms with Gasteiger partial charge in [0.25, 0.3) is 0 Å². The van der Waals surface area contributed by atoms with Gasteiger partial charge in [0.1, 0.15) is 0 Å². The van der Waals surface area contributed by atoms with Crippen molar-refractivity contribution in [1.29, 1.82) is 0 Å². The molecular formula is C18H33N3. The van der Waals surface area contributed by atoms with Crippen LogP contribution in [0.15, 0.2) is 18.3 Å². The van der Waals surface area contributed by atoms with Crippen LogP contribution in [0, 0.1) is 11.8 Å². The third kappa shape index (κ3) is 7.58. The van der Waals surface area contributed by atoms with Gasteiger partial charge in [-0.15, -0.1) is 0 Å². The zero-order valence-corrected chi connectivity index (χ0v) is 14.7. The monoisotopic (exact) mass is 291 g/mol. The standard InChI is InChI=1S/C18H33N3/c1-14(2)9-19-10-17-7-8-18(20-11-17)13-21(16(5)6)12-15(3)4/h7-8,11,14-16,19H,9-10,12-13H2,1-6H3. The molecule has 0 bridgehead atoms. The van der Waals surface area contributed by atoms with Crippen LogP contribution in [0.25, 0.3) is 0 Å². The van der Waals surface area contributed by atoms with Crippen molar-refractivity contribution in [3.8, 4) is 0 Å². The van der Waals surface area contributed by atoms with E-state index < -0.39 is 0 Å². The molecule has 0 saturated heterocycles. The Balaban J connectivity index is 2.52. The van der Waals surface area contributed by atoms with E-state index in [4.69, 9.17) is 0 Å². The van der Waals surface area contributed by atoms with Gasteiger partial charge in [0.15, 0.2) is 0 Å². The van der Waals surface area contributed by atoms with Crippen LogP contribution in [0.5, 0.6) is 0 Å². The molecule has 0 aliphatic carbocycles. The Morgan fingerprint density at radius 1 is 1.05 bits per heavy atom. The van der Waals surface area contributed by atoms with Crippen LogP contribution in [-0.4, -0.2) is 29.0 Å². The number of hydrogen-bond acceptors (Lipinski definition) is 3. The summed E-state index contributed by atoms with van der Waals surface area (Å²) in [6.45, 7) is 17.5. The summed E-state index contributed by atoms with van der Waals surface area (Å²) in [5, 5.41) is 3.46. The van der Waals surface area contributed by atoms with Gasteiger partial charge in [-0.3, -0.25) is 9.88 Å². The van der Waals surface area contributed by atoms with Gasteiger partial charge >= 0.3 is 0 Å². The highest BCUT2D eigenvalue weighted by Gasteiger charge is 2.12. The SMILES string of the molecule is CC(C)CNCc1ccc(CN(CC(C)C)C(C)C)nc1. The van der Waals surface area contributed by atoms with Gasteiger partial charge in [-0.25, -0.2) is 0 Å². The first kappa shape index (κ1) is 18.1. The van der Waals surface area contributed by atoms with Crippen LogP contribution in [0.2, 0.25) is 0 Å². The van der Waals surface area contributed by atoms with E-state index in [1.54, 1.807) is 0 Å². The molecule has 120 valence electrons. The zero-order valence-electron chi connectivity index (χ0n) is 14.7. The number of hydrogen-bond donors (Lipinski definition) is 1. The first-order valence-corrected chi connectivity index (χ1v) is 8.27. The van der Waals surface area contributed by atoms with Crippen molar-refractivity contribution in [3.05, 3.63) is 29.6 Å². The normalized spacial score (nSPS) is 12.1. The van der Waals surface area contributed by atoms with Gasteiger partial charge in [-0.05, 0) is 43.9 Å². The summed E-state index contributed by atoms with van der Waals surface area (Å²) in [5.41, 5.74) is 2.43. The Bertz CT molecular complexity index is 382. The van der Waals surface area contributed by atoms with E-state index in [0.29, 0.717) is 17.9 Å². The van der Waals surface area contributed by atoms with Gasteiger partial charge < -0.3 is 5.32 Å². The maximum absolute atomic E-state index is 4.62. The first-order valence-electron chi connectivity index (χ1n) is 8.27. The van der Waals surface area contributed by atoms with E-state index >= 15 is 0 Å². The van der Waals surface area contributed by atoms with E-state index in [1.807, 2.05) is 6.20 Å². The smallest absolute Gasteiger partial charge is 0.0544 e. The van der Waals surface area contributed by atoms with Crippen molar-refractivity contribution < 1.29 is 0 Å². The highest BCUT2D eigenvalue weighted by atomic mass is 15.2. The highest BCUT2D eigenvalue weighted by Crippen LogP contribution is 2.10. The van der Waals surface area contributed by atoms with E-state index in [-0.39, 0.29) is 0 Å². The maximum Gasteiger partial charge on any atom is 0.0544 e. The Morgan fingerprint density at radius 3 is 2.24 bits per heavy atom. The van der Waals surface area contributed by atoms with E-state index in [1.165, 1.54) is 5.56 Å². The van der Waals surface area contributed by atoms with E-state index in [9.17, 15) is 0 Å². The van der Waals surface area contributed by atoms with Crippen molar-refractivity contribution in [3.63, 3.8) is 0 Å². The lowest BCUT2D eigenvalue weighted by atomic mass is 10.1. The summed E-state index contributed by atoms with van der Waals surface area (Å²) < 4.78 is 0. The molecule has 0 aromatic carbocycles. The third-order valence-corrected chi connectivity index (χ3v) is 3.46. The van der Waals surface area contributed by atoms with Crippen LogP contribution in [0.3, 0.4) is 0 Å². The molecule has 1 aromatic heterocycles. The van der Waals surface area contributed by atoms with Crippen LogP contribution in [-0.2, 0) is 13.1 Å². The fourth-order valence-corrected chi connectivity index (χ4v) is 2.29.